The second-order valence-electron chi connectivity index (χ2n) is 6.92. The first-order valence-corrected chi connectivity index (χ1v) is 7.98. The van der Waals surface area contributed by atoms with Gasteiger partial charge in [0.2, 0.25) is 0 Å². The molecule has 6 heteroatoms. The van der Waals surface area contributed by atoms with Crippen molar-refractivity contribution in [1.29, 1.82) is 0 Å². The van der Waals surface area contributed by atoms with E-state index in [0.29, 0.717) is 22.3 Å². The smallest absolute Gasteiger partial charge is 0.336 e. The summed E-state index contributed by atoms with van der Waals surface area (Å²) < 4.78 is 16.7. The number of benzene rings is 1. The Morgan fingerprint density at radius 2 is 1.92 bits per heavy atom. The minimum absolute atomic E-state index is 0.298. The molecule has 0 saturated heterocycles. The molecule has 2 heterocycles. The molecule has 6 nitrogen and oxygen atoms in total. The highest BCUT2D eigenvalue weighted by Gasteiger charge is 2.47. The van der Waals surface area contributed by atoms with Gasteiger partial charge in [0.15, 0.2) is 12.2 Å². The van der Waals surface area contributed by atoms with Gasteiger partial charge in [-0.3, -0.25) is 0 Å². The lowest BCUT2D eigenvalue weighted by molar-refractivity contribution is -0.154. The second kappa shape index (κ2) is 6.04. The number of rotatable bonds is 3. The molecule has 0 fully saturated rings. The Bertz CT molecular complexity index is 912. The normalized spacial score (nSPS) is 19.2. The highest BCUT2D eigenvalue weighted by molar-refractivity contribution is 5.86. The third-order valence-corrected chi connectivity index (χ3v) is 3.95. The van der Waals surface area contributed by atoms with Crippen LogP contribution in [0.5, 0.6) is 5.75 Å². The van der Waals surface area contributed by atoms with Gasteiger partial charge in [0.25, 0.3) is 0 Å². The Balaban J connectivity index is 2.16. The lowest BCUT2D eigenvalue weighted by atomic mass is 9.93. The third kappa shape index (κ3) is 3.30. The second-order valence-corrected chi connectivity index (χ2v) is 6.92. The summed E-state index contributed by atoms with van der Waals surface area (Å²) in [6, 6.07) is 6.42. The van der Waals surface area contributed by atoms with Gasteiger partial charge < -0.3 is 19.0 Å². The van der Waals surface area contributed by atoms with Gasteiger partial charge in [0, 0.05) is 17.5 Å². The lowest BCUT2D eigenvalue weighted by Crippen LogP contribution is -2.43. The first kappa shape index (κ1) is 17.2. The van der Waals surface area contributed by atoms with E-state index in [4.69, 9.17) is 13.9 Å². The van der Waals surface area contributed by atoms with Crippen LogP contribution in [0.15, 0.2) is 45.1 Å². The molecule has 1 aromatic carbocycles. The largest absolute Gasteiger partial charge is 0.483 e. The molecule has 2 aromatic rings. The summed E-state index contributed by atoms with van der Waals surface area (Å²) in [7, 11) is 0. The van der Waals surface area contributed by atoms with Gasteiger partial charge in [0.1, 0.15) is 11.3 Å². The molecule has 0 amide bonds. The molecule has 1 aliphatic heterocycles. The maximum atomic E-state index is 12.2. The molecule has 25 heavy (non-hydrogen) atoms. The van der Waals surface area contributed by atoms with Crippen molar-refractivity contribution in [3.8, 4) is 5.75 Å². The first-order valence-electron chi connectivity index (χ1n) is 7.98. The molecular weight excluding hydrogens is 324 g/mol. The number of hydrogen-bond donors (Lipinski definition) is 1. The molecule has 0 saturated carbocycles. The summed E-state index contributed by atoms with van der Waals surface area (Å²) in [5.41, 5.74) is -0.254. The average Bonchev–Trinajstić information content (AvgIpc) is 2.85. The van der Waals surface area contributed by atoms with E-state index in [0.717, 1.165) is 5.57 Å². The molecule has 0 spiro atoms. The number of allylic oxidation sites excluding steroid dienone is 1. The fraction of sp³-hybridized carbons (Fsp3) is 0.368. The maximum Gasteiger partial charge on any atom is 0.336 e. The number of fused-ring (bicyclic) bond motifs is 3. The van der Waals surface area contributed by atoms with E-state index < -0.39 is 29.4 Å². The van der Waals surface area contributed by atoms with Crippen LogP contribution in [0.2, 0.25) is 0 Å². The van der Waals surface area contributed by atoms with Gasteiger partial charge in [-0.25, -0.2) is 9.59 Å². The zero-order valence-corrected chi connectivity index (χ0v) is 14.5. The summed E-state index contributed by atoms with van der Waals surface area (Å²) in [6.07, 6.45) is -0.360. The monoisotopic (exact) mass is 344 g/mol. The summed E-state index contributed by atoms with van der Waals surface area (Å²) in [6.45, 7) is 6.71. The highest BCUT2D eigenvalue weighted by Crippen LogP contribution is 2.46. The van der Waals surface area contributed by atoms with Crippen molar-refractivity contribution >= 4 is 16.9 Å². The number of ether oxygens (including phenoxy) is 2. The number of esters is 1. The molecule has 1 aliphatic rings. The first-order chi connectivity index (χ1) is 11.7. The standard InChI is InChI=1S/C19H20O6/c1-10(2)9-14(21)25-17-15-12(23-18(17)19(3,4)22)7-5-11-6-8-13(20)24-16(11)15/h5-9,17-18,22H,1-4H3. The van der Waals surface area contributed by atoms with Gasteiger partial charge in [0.05, 0.1) is 11.2 Å². The van der Waals surface area contributed by atoms with Gasteiger partial charge in [-0.15, -0.1) is 0 Å². The minimum Gasteiger partial charge on any atom is -0.483 e. The van der Waals surface area contributed by atoms with Crippen LogP contribution in [0.1, 0.15) is 39.4 Å². The highest BCUT2D eigenvalue weighted by atomic mass is 16.6. The Kier molecular flexibility index (Phi) is 4.16. The number of aliphatic hydroxyl groups is 1. The molecule has 0 bridgehead atoms. The summed E-state index contributed by atoms with van der Waals surface area (Å²) in [5.74, 6) is -0.130. The van der Waals surface area contributed by atoms with Crippen molar-refractivity contribution < 1.29 is 23.8 Å². The van der Waals surface area contributed by atoms with Crippen LogP contribution in [0.3, 0.4) is 0 Å². The fourth-order valence-electron chi connectivity index (χ4n) is 2.89. The van der Waals surface area contributed by atoms with Gasteiger partial charge in [-0.1, -0.05) is 5.57 Å². The molecule has 1 N–H and O–H groups in total. The van der Waals surface area contributed by atoms with Crippen molar-refractivity contribution in [2.75, 3.05) is 0 Å². The Morgan fingerprint density at radius 3 is 2.56 bits per heavy atom. The SMILES string of the molecule is CC(C)=CC(=O)OC1c2c(ccc3ccc(=O)oc23)OC1C(C)(C)O. The number of carbonyl (C=O) groups is 1. The van der Waals surface area contributed by atoms with E-state index in [1.54, 1.807) is 45.9 Å². The van der Waals surface area contributed by atoms with Crippen LogP contribution in [0, 0.1) is 0 Å². The zero-order valence-electron chi connectivity index (χ0n) is 14.5. The zero-order chi connectivity index (χ0) is 18.4. The van der Waals surface area contributed by atoms with Crippen LogP contribution in [-0.2, 0) is 9.53 Å². The summed E-state index contributed by atoms with van der Waals surface area (Å²) >= 11 is 0. The lowest BCUT2D eigenvalue weighted by Gasteiger charge is -2.29. The van der Waals surface area contributed by atoms with E-state index in [1.165, 1.54) is 12.1 Å². The number of carbonyl (C=O) groups excluding carboxylic acids is 1. The van der Waals surface area contributed by atoms with Crippen LogP contribution in [0.25, 0.3) is 11.0 Å². The topological polar surface area (TPSA) is 86.0 Å². The van der Waals surface area contributed by atoms with Gasteiger partial charge >= 0.3 is 11.6 Å². The molecule has 132 valence electrons. The molecule has 1 aromatic heterocycles. The quantitative estimate of drug-likeness (QED) is 0.523. The van der Waals surface area contributed by atoms with Crippen LogP contribution >= 0.6 is 0 Å². The van der Waals surface area contributed by atoms with E-state index in [-0.39, 0.29) is 0 Å². The molecule has 2 unspecified atom stereocenters. The van der Waals surface area contributed by atoms with Crippen LogP contribution in [-0.4, -0.2) is 22.8 Å². The van der Waals surface area contributed by atoms with Gasteiger partial charge in [-0.2, -0.15) is 0 Å². The van der Waals surface area contributed by atoms with E-state index in [1.807, 2.05) is 0 Å². The van der Waals surface area contributed by atoms with E-state index in [9.17, 15) is 14.7 Å². The predicted molar refractivity (Wildman–Crippen MR) is 91.5 cm³/mol. The van der Waals surface area contributed by atoms with Crippen molar-refractivity contribution in [3.63, 3.8) is 0 Å². The molecule has 2 atom stereocenters. The molecule has 0 aliphatic carbocycles. The predicted octanol–water partition coefficient (Wildman–Crippen LogP) is 2.88. The van der Waals surface area contributed by atoms with Crippen LogP contribution < -0.4 is 10.4 Å². The van der Waals surface area contributed by atoms with Crippen molar-refractivity contribution in [2.45, 2.75) is 45.5 Å². The molecule has 0 radical (unpaired) electrons. The maximum absolute atomic E-state index is 12.2. The Hall–Kier alpha value is -2.60. The number of hydrogen-bond acceptors (Lipinski definition) is 6. The van der Waals surface area contributed by atoms with Crippen LogP contribution in [0.4, 0.5) is 0 Å². The minimum atomic E-state index is -1.28. The van der Waals surface area contributed by atoms with Gasteiger partial charge in [-0.05, 0) is 45.9 Å². The Labute approximate surface area is 144 Å². The van der Waals surface area contributed by atoms with Crippen molar-refractivity contribution in [3.05, 3.63) is 51.9 Å². The third-order valence-electron chi connectivity index (χ3n) is 3.95. The van der Waals surface area contributed by atoms with Crippen molar-refractivity contribution in [2.24, 2.45) is 0 Å². The van der Waals surface area contributed by atoms with E-state index in [2.05, 4.69) is 0 Å². The van der Waals surface area contributed by atoms with Crippen molar-refractivity contribution in [1.82, 2.24) is 0 Å². The summed E-state index contributed by atoms with van der Waals surface area (Å²) in [5, 5.41) is 11.1. The molecular formula is C19H20O6. The Morgan fingerprint density at radius 1 is 1.24 bits per heavy atom. The summed E-state index contributed by atoms with van der Waals surface area (Å²) in [4.78, 5) is 23.8. The molecule has 3 rings (SSSR count). The fourth-order valence-corrected chi connectivity index (χ4v) is 2.89. The van der Waals surface area contributed by atoms with E-state index >= 15 is 0 Å². The average molecular weight is 344 g/mol.